The number of hydrogen-bond acceptors (Lipinski definition) is 20. The summed E-state index contributed by atoms with van der Waals surface area (Å²) in [6, 6.07) is 0. The van der Waals surface area contributed by atoms with Gasteiger partial charge in [-0.1, -0.05) is 0 Å². The Labute approximate surface area is 280 Å². The summed E-state index contributed by atoms with van der Waals surface area (Å²) in [7, 11) is 0. The normalized spacial score (nSPS) is 3.53. The third-order valence-corrected chi connectivity index (χ3v) is 0. The van der Waals surface area contributed by atoms with Crippen LogP contribution in [0.2, 0.25) is 0 Å². The van der Waals surface area contributed by atoms with Crippen LogP contribution in [0.1, 0.15) is 0 Å². The molecule has 0 aromatic rings. The molecule has 6 radical (unpaired) electrons. The summed E-state index contributed by atoms with van der Waals surface area (Å²) >= 11 is 0. The van der Waals surface area contributed by atoms with Gasteiger partial charge in [-0.15, -0.1) is 0 Å². The first-order valence-electron chi connectivity index (χ1n) is 3.06. The Morgan fingerprint density at radius 3 is 0.294 bits per heavy atom. The first-order chi connectivity index (χ1) is 8.66. The molecule has 0 fully saturated rings. The van der Waals surface area contributed by atoms with E-state index in [1.165, 1.54) is 0 Å². The van der Waals surface area contributed by atoms with E-state index in [1.807, 2.05) is 0 Å². The van der Waals surface area contributed by atoms with Gasteiger partial charge >= 0.3 is 134 Å². The van der Waals surface area contributed by atoms with E-state index in [0.717, 1.165) is 0 Å². The number of carbonyl (C=O) groups is 5. The first-order valence-corrected chi connectivity index (χ1v) is 3.06. The Hall–Kier alpha value is 0.394. The van der Waals surface area contributed by atoms with Crippen molar-refractivity contribution in [1.82, 2.24) is 0 Å². The van der Waals surface area contributed by atoms with E-state index in [4.69, 9.17) is 75.0 Å². The predicted octanol–water partition coefficient (Wildman–Crippen LogP) is -17.9. The van der Waals surface area contributed by atoms with Crippen LogP contribution >= 0.6 is 0 Å². The minimum atomic E-state index is -2.33. The molecular weight excluding hydrogens is 1130 g/mol. The molecule has 0 aliphatic rings. The molecule has 0 saturated carbocycles. The van der Waals surface area contributed by atoms with Gasteiger partial charge in [0.2, 0.25) is 0 Å². The van der Waals surface area contributed by atoms with Crippen LogP contribution in [-0.4, -0.2) is 209 Å². The molecular formula is C5H11Al3O23Pb3. The maximum atomic E-state index is 8.33. The molecule has 0 heterocycles. The molecule has 11 N–H and O–H groups in total. The Balaban J connectivity index is -0.00000000441. The molecule has 0 aromatic heterocycles. The van der Waals surface area contributed by atoms with Crippen molar-refractivity contribution in [2.24, 2.45) is 0 Å². The zero-order valence-electron chi connectivity index (χ0n) is 15.6. The van der Waals surface area contributed by atoms with E-state index in [9.17, 15) is 0 Å². The number of rotatable bonds is 0. The summed E-state index contributed by atoms with van der Waals surface area (Å²) in [6.07, 6.45) is -11.7. The van der Waals surface area contributed by atoms with E-state index in [-0.39, 0.29) is 178 Å². The zero-order valence-corrected chi connectivity index (χ0v) is 30.7. The maximum absolute atomic E-state index is 8.33. The summed E-state index contributed by atoms with van der Waals surface area (Å²) in [5, 5.41) is 83.3. The molecule has 0 aliphatic heterocycles. The molecule has 23 nitrogen and oxygen atoms in total. The second kappa shape index (κ2) is 148. The Morgan fingerprint density at radius 2 is 0.294 bits per heavy atom. The molecule has 0 bridgehead atoms. The molecule has 0 atom stereocenters. The maximum Gasteiger partial charge on any atom is 3.00 e. The van der Waals surface area contributed by atoms with E-state index in [1.54, 1.807) is 0 Å². The van der Waals surface area contributed by atoms with Gasteiger partial charge in [-0.05, 0) is 30.8 Å². The SMILES string of the molecule is O.O.O.O=C([O-])[O-].O=C([O-])[O-].O=C([O-])[O-].O=C([O-])[O-].O=C([O-])[O-].[Al+3].[Al+3].[Al+3].[OH-].[OH-].[OH-].[OH-].[OH-].[Pb+2].[Pb+2].[Pb+2]. The summed E-state index contributed by atoms with van der Waals surface area (Å²) in [4.78, 5) is 41.7. The molecule has 0 spiro atoms. The Morgan fingerprint density at radius 1 is 0.294 bits per heavy atom. The van der Waals surface area contributed by atoms with E-state index >= 15 is 0 Å². The Bertz CT molecular complexity index is 233. The van der Waals surface area contributed by atoms with Crippen LogP contribution in [0.25, 0.3) is 0 Å². The van der Waals surface area contributed by atoms with Gasteiger partial charge in [0.1, 0.15) is 0 Å². The van der Waals surface area contributed by atoms with Gasteiger partial charge in [-0.3, -0.25) is 0 Å². The molecule has 0 amide bonds. The summed E-state index contributed by atoms with van der Waals surface area (Å²) in [5.41, 5.74) is 0. The summed E-state index contributed by atoms with van der Waals surface area (Å²) in [6.45, 7) is 0. The summed E-state index contributed by atoms with van der Waals surface area (Å²) in [5.74, 6) is 0. The van der Waals surface area contributed by atoms with Crippen LogP contribution < -0.4 is 51.1 Å². The monoisotopic (exact) mass is 1140 g/mol. The fourth-order valence-electron chi connectivity index (χ4n) is 0. The average Bonchev–Trinajstić information content (AvgIpc) is 1.94. The van der Waals surface area contributed by atoms with Crippen molar-refractivity contribution in [1.29, 1.82) is 0 Å². The van der Waals surface area contributed by atoms with E-state index in [0.29, 0.717) is 0 Å². The van der Waals surface area contributed by atoms with Gasteiger partial charge in [0.05, 0.1) is 0 Å². The quantitative estimate of drug-likeness (QED) is 0.203. The molecule has 190 valence electrons. The van der Waals surface area contributed by atoms with Gasteiger partial charge in [0, 0.05) is 0 Å². The smallest absolute Gasteiger partial charge is 0.870 e. The van der Waals surface area contributed by atoms with Crippen molar-refractivity contribution in [2.45, 2.75) is 0 Å². The van der Waals surface area contributed by atoms with Crippen LogP contribution in [0, 0.1) is 0 Å². The third kappa shape index (κ3) is 206000. The molecule has 0 aliphatic carbocycles. The van der Waals surface area contributed by atoms with Gasteiger partial charge < -0.3 is 119 Å². The van der Waals surface area contributed by atoms with Crippen LogP contribution in [0.4, 0.5) is 24.0 Å². The summed E-state index contributed by atoms with van der Waals surface area (Å²) < 4.78 is 0. The predicted molar refractivity (Wildman–Crippen MR) is 82.0 cm³/mol. The van der Waals surface area contributed by atoms with Gasteiger partial charge in [-0.25, -0.2) is 0 Å². The molecule has 0 unspecified atom stereocenters. The molecule has 34 heavy (non-hydrogen) atoms. The largest absolute Gasteiger partial charge is 3.00 e. The zero-order chi connectivity index (χ0) is 17.9. The standard InChI is InChI=1S/5CH2O3.3Al.8H2O.3Pb/c5*2-1(3)4;;;;;;;;;;;;;;/h5*(H2,2,3,4);;;;8*1H2;;;/q;;;;;3*+3;;;;;;;;;3*+2/p-15. The molecule has 0 rings (SSSR count). The second-order valence-electron chi connectivity index (χ2n) is 1.25. The fraction of sp³-hybridized carbons (Fsp3) is 0. The van der Waals surface area contributed by atoms with Gasteiger partial charge in [0.15, 0.2) is 0 Å². The average molecular weight is 1140 g/mol. The number of carbonyl (C=O) groups excluding carboxylic acids is 5. The first kappa shape index (κ1) is 162. The van der Waals surface area contributed by atoms with Gasteiger partial charge in [0.25, 0.3) is 0 Å². The van der Waals surface area contributed by atoms with Gasteiger partial charge in [-0.2, -0.15) is 0 Å². The van der Waals surface area contributed by atoms with Crippen LogP contribution in [-0.2, 0) is 0 Å². The second-order valence-corrected chi connectivity index (χ2v) is 1.25. The van der Waals surface area contributed by atoms with Crippen molar-refractivity contribution in [3.63, 3.8) is 0 Å². The van der Waals surface area contributed by atoms with Crippen LogP contribution in [0.15, 0.2) is 0 Å². The van der Waals surface area contributed by atoms with Crippen molar-refractivity contribution in [3.8, 4) is 0 Å². The number of hydrogen-bond donors (Lipinski definition) is 0. The number of carboxylic acid groups (broad SMARTS) is 10. The molecule has 0 aromatic carbocycles. The van der Waals surface area contributed by atoms with E-state index in [2.05, 4.69) is 0 Å². The van der Waals surface area contributed by atoms with Crippen LogP contribution in [0.3, 0.4) is 0 Å². The topological polar surface area (TPSA) is 560 Å². The van der Waals surface area contributed by atoms with Crippen molar-refractivity contribution in [2.75, 3.05) is 0 Å². The molecule has 0 saturated heterocycles. The third-order valence-electron chi connectivity index (χ3n) is 0. The van der Waals surface area contributed by atoms with Crippen molar-refractivity contribution >= 4 is 165 Å². The van der Waals surface area contributed by atoms with Crippen molar-refractivity contribution in [3.05, 3.63) is 0 Å². The Kier molecular flexibility index (Phi) is 704. The minimum Gasteiger partial charge on any atom is -0.870 e. The fourth-order valence-corrected chi connectivity index (χ4v) is 0. The van der Waals surface area contributed by atoms with Crippen LogP contribution in [0.5, 0.6) is 0 Å². The van der Waals surface area contributed by atoms with Crippen molar-refractivity contribution < 1.29 is 119 Å². The van der Waals surface area contributed by atoms with E-state index < -0.39 is 30.8 Å². The molecule has 29 heteroatoms. The minimum absolute atomic E-state index is 0.